The van der Waals surface area contributed by atoms with E-state index in [4.69, 9.17) is 5.84 Å². The molecule has 0 bridgehead atoms. The molecule has 0 saturated heterocycles. The maximum Gasteiger partial charge on any atom is 0.0488 e. The molecule has 2 nitrogen and oxygen atoms in total. The van der Waals surface area contributed by atoms with Gasteiger partial charge in [-0.1, -0.05) is 58.5 Å². The molecule has 0 amide bonds. The number of hydrogen-bond acceptors (Lipinski definition) is 2. The standard InChI is InChI=1S/C12H18Br2N2/c1-3-8(4-2)12(16-15)9-5-10(13)7-11(14)6-9/h5-8,12,16H,3-4,15H2,1-2H3. The SMILES string of the molecule is CCC(CC)C(NN)c1cc(Br)cc(Br)c1. The fourth-order valence-corrected chi connectivity index (χ4v) is 3.35. The highest BCUT2D eigenvalue weighted by Gasteiger charge is 2.19. The molecule has 0 aromatic heterocycles. The number of hydrogen-bond donors (Lipinski definition) is 2. The Bertz CT molecular complexity index is 318. The largest absolute Gasteiger partial charge is 0.271 e. The van der Waals surface area contributed by atoms with E-state index in [-0.39, 0.29) is 6.04 Å². The average molecular weight is 350 g/mol. The summed E-state index contributed by atoms with van der Waals surface area (Å²) >= 11 is 7.01. The second-order valence-electron chi connectivity index (χ2n) is 3.92. The number of rotatable bonds is 5. The molecule has 3 N–H and O–H groups in total. The average Bonchev–Trinajstić information content (AvgIpc) is 2.24. The van der Waals surface area contributed by atoms with Crippen molar-refractivity contribution in [2.45, 2.75) is 32.7 Å². The molecule has 0 spiro atoms. The van der Waals surface area contributed by atoms with E-state index in [1.54, 1.807) is 0 Å². The summed E-state index contributed by atoms with van der Waals surface area (Å²) in [5, 5.41) is 0. The lowest BCUT2D eigenvalue weighted by Crippen LogP contribution is -2.33. The topological polar surface area (TPSA) is 38.0 Å². The maximum absolute atomic E-state index is 5.68. The summed E-state index contributed by atoms with van der Waals surface area (Å²) in [5.74, 6) is 6.24. The van der Waals surface area contributed by atoms with Crippen LogP contribution < -0.4 is 11.3 Å². The molecule has 0 fully saturated rings. The summed E-state index contributed by atoms with van der Waals surface area (Å²) < 4.78 is 2.14. The summed E-state index contributed by atoms with van der Waals surface area (Å²) in [6.07, 6.45) is 2.24. The number of halogens is 2. The van der Waals surface area contributed by atoms with E-state index in [1.807, 2.05) is 6.07 Å². The Hall–Kier alpha value is 0.1000. The number of hydrazine groups is 1. The maximum atomic E-state index is 5.68. The van der Waals surface area contributed by atoms with Crippen LogP contribution in [0.3, 0.4) is 0 Å². The lowest BCUT2D eigenvalue weighted by atomic mass is 9.89. The fraction of sp³-hybridized carbons (Fsp3) is 0.500. The van der Waals surface area contributed by atoms with Crippen molar-refractivity contribution in [2.24, 2.45) is 11.8 Å². The van der Waals surface area contributed by atoms with Gasteiger partial charge in [-0.3, -0.25) is 11.3 Å². The normalized spacial score (nSPS) is 13.1. The highest BCUT2D eigenvalue weighted by molar-refractivity contribution is 9.11. The zero-order chi connectivity index (χ0) is 12.1. The minimum Gasteiger partial charge on any atom is -0.271 e. The van der Waals surface area contributed by atoms with Gasteiger partial charge in [0, 0.05) is 15.0 Å². The van der Waals surface area contributed by atoms with Crippen molar-refractivity contribution in [3.05, 3.63) is 32.7 Å². The first kappa shape index (κ1) is 14.2. The Labute approximate surface area is 114 Å². The molecule has 1 aromatic carbocycles. The molecule has 90 valence electrons. The van der Waals surface area contributed by atoms with Gasteiger partial charge in [0.2, 0.25) is 0 Å². The molecule has 1 rings (SSSR count). The summed E-state index contributed by atoms with van der Waals surface area (Å²) in [5.41, 5.74) is 4.15. The van der Waals surface area contributed by atoms with Crippen LogP contribution >= 0.6 is 31.9 Å². The molecule has 0 aliphatic rings. The second kappa shape index (κ2) is 6.74. The molecule has 1 atom stereocenters. The van der Waals surface area contributed by atoms with Crippen LogP contribution in [-0.4, -0.2) is 0 Å². The molecule has 0 heterocycles. The Morgan fingerprint density at radius 2 is 1.62 bits per heavy atom. The van der Waals surface area contributed by atoms with Gasteiger partial charge in [0.05, 0.1) is 0 Å². The van der Waals surface area contributed by atoms with Crippen LogP contribution in [0.4, 0.5) is 0 Å². The van der Waals surface area contributed by atoms with Crippen molar-refractivity contribution >= 4 is 31.9 Å². The lowest BCUT2D eigenvalue weighted by Gasteiger charge is -2.25. The Balaban J connectivity index is 3.02. The van der Waals surface area contributed by atoms with Crippen molar-refractivity contribution in [2.75, 3.05) is 0 Å². The van der Waals surface area contributed by atoms with Gasteiger partial charge in [-0.15, -0.1) is 0 Å². The minimum absolute atomic E-state index is 0.212. The van der Waals surface area contributed by atoms with Crippen LogP contribution in [0.1, 0.15) is 38.3 Å². The van der Waals surface area contributed by atoms with Gasteiger partial charge in [0.15, 0.2) is 0 Å². The van der Waals surface area contributed by atoms with Gasteiger partial charge in [-0.25, -0.2) is 0 Å². The molecule has 16 heavy (non-hydrogen) atoms. The molecule has 0 radical (unpaired) electrons. The molecule has 0 aliphatic carbocycles. The fourth-order valence-electron chi connectivity index (χ4n) is 2.02. The smallest absolute Gasteiger partial charge is 0.0488 e. The quantitative estimate of drug-likeness (QED) is 0.619. The first-order valence-electron chi connectivity index (χ1n) is 5.54. The van der Waals surface area contributed by atoms with E-state index in [9.17, 15) is 0 Å². The van der Waals surface area contributed by atoms with Crippen LogP contribution in [-0.2, 0) is 0 Å². The Morgan fingerprint density at radius 3 is 2.00 bits per heavy atom. The van der Waals surface area contributed by atoms with Crippen molar-refractivity contribution in [3.63, 3.8) is 0 Å². The predicted molar refractivity (Wildman–Crippen MR) is 76.0 cm³/mol. The molecular weight excluding hydrogens is 332 g/mol. The molecule has 1 unspecified atom stereocenters. The minimum atomic E-state index is 0.212. The Morgan fingerprint density at radius 1 is 1.12 bits per heavy atom. The van der Waals surface area contributed by atoms with Gasteiger partial charge in [-0.2, -0.15) is 0 Å². The lowest BCUT2D eigenvalue weighted by molar-refractivity contribution is 0.345. The number of nitrogens with two attached hydrogens (primary N) is 1. The molecular formula is C12H18Br2N2. The van der Waals surface area contributed by atoms with Gasteiger partial charge < -0.3 is 0 Å². The van der Waals surface area contributed by atoms with E-state index in [1.165, 1.54) is 5.56 Å². The van der Waals surface area contributed by atoms with Gasteiger partial charge in [0.1, 0.15) is 0 Å². The number of nitrogens with one attached hydrogen (secondary N) is 1. The van der Waals surface area contributed by atoms with Crippen LogP contribution in [0.2, 0.25) is 0 Å². The third-order valence-electron chi connectivity index (χ3n) is 2.94. The van der Waals surface area contributed by atoms with Crippen LogP contribution in [0.5, 0.6) is 0 Å². The van der Waals surface area contributed by atoms with Crippen LogP contribution in [0.25, 0.3) is 0 Å². The van der Waals surface area contributed by atoms with Gasteiger partial charge in [-0.05, 0) is 29.7 Å². The summed E-state index contributed by atoms with van der Waals surface area (Å²) in [6, 6.07) is 6.48. The van der Waals surface area contributed by atoms with E-state index in [0.29, 0.717) is 5.92 Å². The number of benzene rings is 1. The van der Waals surface area contributed by atoms with Crippen molar-refractivity contribution in [1.29, 1.82) is 0 Å². The summed E-state index contributed by atoms with van der Waals surface area (Å²) in [6.45, 7) is 4.40. The first-order chi connectivity index (χ1) is 7.62. The Kier molecular flexibility index (Phi) is 5.97. The zero-order valence-electron chi connectivity index (χ0n) is 9.63. The summed E-state index contributed by atoms with van der Waals surface area (Å²) in [7, 11) is 0. The van der Waals surface area contributed by atoms with Crippen LogP contribution in [0, 0.1) is 5.92 Å². The monoisotopic (exact) mass is 348 g/mol. The van der Waals surface area contributed by atoms with Gasteiger partial charge >= 0.3 is 0 Å². The highest BCUT2D eigenvalue weighted by Crippen LogP contribution is 2.30. The first-order valence-corrected chi connectivity index (χ1v) is 7.13. The molecule has 0 aliphatic heterocycles. The zero-order valence-corrected chi connectivity index (χ0v) is 12.8. The van der Waals surface area contributed by atoms with E-state index < -0.39 is 0 Å². The molecule has 4 heteroatoms. The predicted octanol–water partition coefficient (Wildman–Crippen LogP) is 4.15. The third kappa shape index (κ3) is 3.55. The van der Waals surface area contributed by atoms with Gasteiger partial charge in [0.25, 0.3) is 0 Å². The van der Waals surface area contributed by atoms with E-state index in [2.05, 4.69) is 63.3 Å². The third-order valence-corrected chi connectivity index (χ3v) is 3.86. The van der Waals surface area contributed by atoms with Crippen molar-refractivity contribution in [3.8, 4) is 0 Å². The highest BCUT2D eigenvalue weighted by atomic mass is 79.9. The second-order valence-corrected chi connectivity index (χ2v) is 5.76. The molecule has 1 aromatic rings. The summed E-state index contributed by atoms with van der Waals surface area (Å²) in [4.78, 5) is 0. The van der Waals surface area contributed by atoms with E-state index >= 15 is 0 Å². The van der Waals surface area contributed by atoms with Crippen molar-refractivity contribution < 1.29 is 0 Å². The molecule has 0 saturated carbocycles. The van der Waals surface area contributed by atoms with Crippen molar-refractivity contribution in [1.82, 2.24) is 5.43 Å². The van der Waals surface area contributed by atoms with E-state index in [0.717, 1.165) is 21.8 Å². The van der Waals surface area contributed by atoms with Crippen LogP contribution in [0.15, 0.2) is 27.1 Å².